The molecule has 22 heavy (non-hydrogen) atoms. The molecule has 0 aromatic carbocycles. The number of hydrogen-bond donors (Lipinski definition) is 0. The molecule has 1 fully saturated rings. The fraction of sp³-hybridized carbons (Fsp3) is 0.400. The largest absolute Gasteiger partial charge is 0.450 e. The summed E-state index contributed by atoms with van der Waals surface area (Å²) >= 11 is 3.28. The number of ether oxygens (including phenoxy) is 2. The molecule has 2 aliphatic rings. The molecular formula is C15H15BrN2O4. The molecule has 1 aromatic rings. The molecule has 0 unspecified atom stereocenters. The van der Waals surface area contributed by atoms with Crippen LogP contribution in [0.2, 0.25) is 0 Å². The molecule has 1 aromatic heterocycles. The number of amides is 2. The van der Waals surface area contributed by atoms with Crippen molar-refractivity contribution in [2.75, 3.05) is 19.8 Å². The first-order chi connectivity index (χ1) is 10.6. The van der Waals surface area contributed by atoms with Crippen molar-refractivity contribution in [1.82, 2.24) is 9.88 Å². The van der Waals surface area contributed by atoms with E-state index >= 15 is 0 Å². The lowest BCUT2D eigenvalue weighted by molar-refractivity contribution is -0.139. The Hall–Kier alpha value is -1.73. The van der Waals surface area contributed by atoms with E-state index in [0.717, 1.165) is 17.3 Å². The maximum atomic E-state index is 12.3. The number of pyridine rings is 1. The van der Waals surface area contributed by atoms with Crippen LogP contribution in [-0.2, 0) is 14.3 Å². The lowest BCUT2D eigenvalue weighted by atomic mass is 10.00. The first kappa shape index (κ1) is 15.2. The molecule has 0 radical (unpaired) electrons. The van der Waals surface area contributed by atoms with E-state index < -0.39 is 5.91 Å². The van der Waals surface area contributed by atoms with Gasteiger partial charge in [0.05, 0.1) is 12.3 Å². The molecule has 3 rings (SSSR count). The normalized spacial score (nSPS) is 19.5. The molecule has 1 saturated heterocycles. The third-order valence-electron chi connectivity index (χ3n) is 3.67. The Morgan fingerprint density at radius 1 is 1.32 bits per heavy atom. The molecule has 0 bridgehead atoms. The summed E-state index contributed by atoms with van der Waals surface area (Å²) in [6.45, 7) is 1.78. The van der Waals surface area contributed by atoms with E-state index in [1.165, 1.54) is 17.2 Å². The Morgan fingerprint density at radius 3 is 2.82 bits per heavy atom. The van der Waals surface area contributed by atoms with E-state index in [-0.39, 0.29) is 11.7 Å². The standard InChI is InChI=1S/C15H15BrN2O4/c16-11-5-12(8-17-7-11)22-13-6-14(19)18(15(13)20)9-10-1-3-21-4-2-10/h5-8,10H,1-4,9H2. The van der Waals surface area contributed by atoms with Gasteiger partial charge in [0.2, 0.25) is 0 Å². The first-order valence-electron chi connectivity index (χ1n) is 7.07. The van der Waals surface area contributed by atoms with Crippen LogP contribution in [0.4, 0.5) is 0 Å². The van der Waals surface area contributed by atoms with E-state index in [9.17, 15) is 9.59 Å². The van der Waals surface area contributed by atoms with Crippen molar-refractivity contribution in [2.45, 2.75) is 12.8 Å². The van der Waals surface area contributed by atoms with Crippen LogP contribution in [0.1, 0.15) is 12.8 Å². The molecule has 0 spiro atoms. The summed E-state index contributed by atoms with van der Waals surface area (Å²) in [7, 11) is 0. The summed E-state index contributed by atoms with van der Waals surface area (Å²) in [5.74, 6) is 0.0273. The van der Waals surface area contributed by atoms with E-state index in [4.69, 9.17) is 9.47 Å². The zero-order valence-corrected chi connectivity index (χ0v) is 13.4. The van der Waals surface area contributed by atoms with E-state index in [0.29, 0.717) is 31.4 Å². The molecule has 0 atom stereocenters. The minimum Gasteiger partial charge on any atom is -0.450 e. The Balaban J connectivity index is 1.66. The van der Waals surface area contributed by atoms with Gasteiger partial charge in [-0.2, -0.15) is 0 Å². The van der Waals surface area contributed by atoms with Crippen LogP contribution >= 0.6 is 15.9 Å². The van der Waals surface area contributed by atoms with Gasteiger partial charge in [0.15, 0.2) is 5.76 Å². The summed E-state index contributed by atoms with van der Waals surface area (Å²) in [4.78, 5) is 29.6. The van der Waals surface area contributed by atoms with Crippen LogP contribution in [0.3, 0.4) is 0 Å². The maximum absolute atomic E-state index is 12.3. The van der Waals surface area contributed by atoms with Crippen molar-refractivity contribution < 1.29 is 19.1 Å². The number of nitrogens with zero attached hydrogens (tertiary/aromatic N) is 2. The molecule has 6 nitrogen and oxygen atoms in total. The Kier molecular flexibility index (Phi) is 4.54. The molecular weight excluding hydrogens is 352 g/mol. The topological polar surface area (TPSA) is 68.7 Å². The third-order valence-corrected chi connectivity index (χ3v) is 4.10. The predicted octanol–water partition coefficient (Wildman–Crippen LogP) is 1.90. The number of carbonyl (C=O) groups excluding carboxylic acids is 2. The Labute approximate surface area is 136 Å². The number of rotatable bonds is 4. The van der Waals surface area contributed by atoms with Gasteiger partial charge in [0, 0.05) is 30.4 Å². The zero-order chi connectivity index (χ0) is 15.5. The van der Waals surface area contributed by atoms with Gasteiger partial charge in [-0.25, -0.2) is 0 Å². The summed E-state index contributed by atoms with van der Waals surface area (Å²) in [6.07, 6.45) is 6.07. The summed E-state index contributed by atoms with van der Waals surface area (Å²) in [6, 6.07) is 1.69. The highest BCUT2D eigenvalue weighted by Gasteiger charge is 2.34. The maximum Gasteiger partial charge on any atom is 0.296 e. The SMILES string of the molecule is O=C1C=C(Oc2cncc(Br)c2)C(=O)N1CC1CCOCC1. The van der Waals surface area contributed by atoms with Crippen molar-refractivity contribution in [2.24, 2.45) is 5.92 Å². The molecule has 2 aliphatic heterocycles. The number of halogens is 1. The van der Waals surface area contributed by atoms with Crippen molar-refractivity contribution in [3.63, 3.8) is 0 Å². The Bertz CT molecular complexity index is 626. The second-order valence-electron chi connectivity index (χ2n) is 5.26. The highest BCUT2D eigenvalue weighted by molar-refractivity contribution is 9.10. The fourth-order valence-corrected chi connectivity index (χ4v) is 2.84. The number of aromatic nitrogens is 1. The summed E-state index contributed by atoms with van der Waals surface area (Å²) < 4.78 is 11.5. The van der Waals surface area contributed by atoms with Gasteiger partial charge >= 0.3 is 0 Å². The van der Waals surface area contributed by atoms with Crippen molar-refractivity contribution in [3.05, 3.63) is 34.8 Å². The van der Waals surface area contributed by atoms with Gasteiger partial charge in [-0.15, -0.1) is 0 Å². The van der Waals surface area contributed by atoms with Crippen molar-refractivity contribution in [3.8, 4) is 5.75 Å². The van der Waals surface area contributed by atoms with Crippen LogP contribution in [-0.4, -0.2) is 41.5 Å². The van der Waals surface area contributed by atoms with Gasteiger partial charge in [0.25, 0.3) is 11.8 Å². The molecule has 0 aliphatic carbocycles. The van der Waals surface area contributed by atoms with Crippen molar-refractivity contribution >= 4 is 27.7 Å². The number of hydrogen-bond acceptors (Lipinski definition) is 5. The van der Waals surface area contributed by atoms with Crippen LogP contribution in [0.5, 0.6) is 5.75 Å². The Morgan fingerprint density at radius 2 is 2.09 bits per heavy atom. The van der Waals surface area contributed by atoms with Gasteiger partial charge in [-0.3, -0.25) is 19.5 Å². The lowest BCUT2D eigenvalue weighted by Crippen LogP contribution is -2.37. The molecule has 0 N–H and O–H groups in total. The van der Waals surface area contributed by atoms with E-state index in [1.807, 2.05) is 0 Å². The van der Waals surface area contributed by atoms with Crippen LogP contribution in [0.15, 0.2) is 34.8 Å². The molecule has 2 amide bonds. The van der Waals surface area contributed by atoms with Gasteiger partial charge in [0.1, 0.15) is 5.75 Å². The van der Waals surface area contributed by atoms with Gasteiger partial charge in [-0.05, 0) is 40.8 Å². The van der Waals surface area contributed by atoms with Gasteiger partial charge < -0.3 is 9.47 Å². The minimum atomic E-state index is -0.392. The molecule has 7 heteroatoms. The third kappa shape index (κ3) is 3.36. The van der Waals surface area contributed by atoms with Crippen LogP contribution < -0.4 is 4.74 Å². The van der Waals surface area contributed by atoms with Gasteiger partial charge in [-0.1, -0.05) is 0 Å². The fourth-order valence-electron chi connectivity index (χ4n) is 2.49. The summed E-state index contributed by atoms with van der Waals surface area (Å²) in [5, 5.41) is 0. The minimum absolute atomic E-state index is 0.0389. The quantitative estimate of drug-likeness (QED) is 0.761. The summed E-state index contributed by atoms with van der Waals surface area (Å²) in [5.41, 5.74) is 0. The average Bonchev–Trinajstić information content (AvgIpc) is 2.76. The lowest BCUT2D eigenvalue weighted by Gasteiger charge is -2.25. The molecule has 116 valence electrons. The molecule has 3 heterocycles. The molecule has 0 saturated carbocycles. The first-order valence-corrected chi connectivity index (χ1v) is 7.86. The monoisotopic (exact) mass is 366 g/mol. The smallest absolute Gasteiger partial charge is 0.296 e. The van der Waals surface area contributed by atoms with Crippen LogP contribution in [0.25, 0.3) is 0 Å². The van der Waals surface area contributed by atoms with Crippen molar-refractivity contribution in [1.29, 1.82) is 0 Å². The van der Waals surface area contributed by atoms with E-state index in [2.05, 4.69) is 20.9 Å². The highest BCUT2D eigenvalue weighted by atomic mass is 79.9. The second-order valence-corrected chi connectivity index (χ2v) is 6.17. The number of imide groups is 1. The number of carbonyl (C=O) groups is 2. The zero-order valence-electron chi connectivity index (χ0n) is 11.8. The average molecular weight is 367 g/mol. The predicted molar refractivity (Wildman–Crippen MR) is 80.9 cm³/mol. The van der Waals surface area contributed by atoms with Crippen LogP contribution in [0, 0.1) is 5.92 Å². The highest BCUT2D eigenvalue weighted by Crippen LogP contribution is 2.24. The van der Waals surface area contributed by atoms with E-state index in [1.54, 1.807) is 12.3 Å². The second kappa shape index (κ2) is 6.58.